The van der Waals surface area contributed by atoms with Crippen LogP contribution >= 0.6 is 0 Å². The molecule has 1 aliphatic rings. The maximum atomic E-state index is 13.6. The van der Waals surface area contributed by atoms with Gasteiger partial charge in [0, 0.05) is 11.5 Å². The molecule has 1 N–H and O–H groups in total. The van der Waals surface area contributed by atoms with E-state index < -0.39 is 11.6 Å². The van der Waals surface area contributed by atoms with E-state index in [1.54, 1.807) is 6.07 Å². The largest absolute Gasteiger partial charge is 0.312 e. The first-order valence-electron chi connectivity index (χ1n) is 7.35. The number of rotatable bonds is 4. The molecule has 21 heavy (non-hydrogen) atoms. The average Bonchev–Trinajstić information content (AvgIpc) is 2.47. The van der Waals surface area contributed by atoms with Crippen LogP contribution in [0.1, 0.15) is 36.4 Å². The van der Waals surface area contributed by atoms with Gasteiger partial charge in [-0.3, -0.25) is 0 Å². The third kappa shape index (κ3) is 2.36. The molecule has 0 aliphatic heterocycles. The Morgan fingerprint density at radius 2 is 1.71 bits per heavy atom. The average molecular weight is 287 g/mol. The fourth-order valence-corrected chi connectivity index (χ4v) is 3.53. The molecule has 1 aliphatic carbocycles. The molecule has 2 aromatic rings. The summed E-state index contributed by atoms with van der Waals surface area (Å²) in [6, 6.07) is 14.5. The standard InChI is InChI=1S/C18H19F2N/c1-21-17(13-8-9-15(19)16(20)12-13)18(10-5-11-18)14-6-3-2-4-7-14/h2-4,6-9,12,17,21H,5,10-11H2,1H3. The summed E-state index contributed by atoms with van der Waals surface area (Å²) >= 11 is 0. The Balaban J connectivity index is 2.03. The molecular formula is C18H19F2N. The van der Waals surface area contributed by atoms with Gasteiger partial charge in [-0.25, -0.2) is 8.78 Å². The molecular weight excluding hydrogens is 268 g/mol. The van der Waals surface area contributed by atoms with Crippen molar-refractivity contribution in [3.05, 3.63) is 71.3 Å². The monoisotopic (exact) mass is 287 g/mol. The fourth-order valence-electron chi connectivity index (χ4n) is 3.53. The molecule has 1 saturated carbocycles. The lowest BCUT2D eigenvalue weighted by Crippen LogP contribution is -2.45. The second-order valence-corrected chi connectivity index (χ2v) is 5.77. The van der Waals surface area contributed by atoms with Gasteiger partial charge in [0.1, 0.15) is 0 Å². The summed E-state index contributed by atoms with van der Waals surface area (Å²) in [7, 11) is 1.88. The molecule has 0 spiro atoms. The maximum Gasteiger partial charge on any atom is 0.159 e. The minimum atomic E-state index is -0.795. The van der Waals surface area contributed by atoms with E-state index in [0.29, 0.717) is 0 Å². The second-order valence-electron chi connectivity index (χ2n) is 5.77. The van der Waals surface area contributed by atoms with Gasteiger partial charge >= 0.3 is 0 Å². The van der Waals surface area contributed by atoms with Gasteiger partial charge < -0.3 is 5.32 Å². The molecule has 1 unspecified atom stereocenters. The van der Waals surface area contributed by atoms with E-state index in [2.05, 4.69) is 17.4 Å². The van der Waals surface area contributed by atoms with Gasteiger partial charge in [0.2, 0.25) is 0 Å². The molecule has 1 nitrogen and oxygen atoms in total. The van der Waals surface area contributed by atoms with E-state index >= 15 is 0 Å². The van der Waals surface area contributed by atoms with Crippen molar-refractivity contribution in [3.63, 3.8) is 0 Å². The Kier molecular flexibility index (Phi) is 3.77. The quantitative estimate of drug-likeness (QED) is 0.881. The van der Waals surface area contributed by atoms with E-state index in [4.69, 9.17) is 0 Å². The Labute approximate surface area is 124 Å². The Morgan fingerprint density at radius 1 is 1.00 bits per heavy atom. The molecule has 0 saturated heterocycles. The van der Waals surface area contributed by atoms with Gasteiger partial charge in [-0.05, 0) is 43.1 Å². The summed E-state index contributed by atoms with van der Waals surface area (Å²) in [5, 5.41) is 3.32. The zero-order valence-electron chi connectivity index (χ0n) is 12.1. The smallest absolute Gasteiger partial charge is 0.159 e. The molecule has 1 atom stereocenters. The van der Waals surface area contributed by atoms with Crippen LogP contribution < -0.4 is 5.32 Å². The molecule has 0 aromatic heterocycles. The first kappa shape index (κ1) is 14.2. The van der Waals surface area contributed by atoms with Crippen molar-refractivity contribution < 1.29 is 8.78 Å². The van der Waals surface area contributed by atoms with Gasteiger partial charge in [-0.2, -0.15) is 0 Å². The highest BCUT2D eigenvalue weighted by Gasteiger charge is 2.45. The molecule has 110 valence electrons. The van der Waals surface area contributed by atoms with E-state index in [1.807, 2.05) is 25.2 Å². The summed E-state index contributed by atoms with van der Waals surface area (Å²) in [5.41, 5.74) is 2.04. The second kappa shape index (κ2) is 5.57. The Hall–Kier alpha value is -1.74. The minimum absolute atomic E-state index is 0.0104. The lowest BCUT2D eigenvalue weighted by atomic mass is 9.59. The molecule has 0 amide bonds. The first-order chi connectivity index (χ1) is 10.2. The SMILES string of the molecule is CNC(c1ccc(F)c(F)c1)C1(c2ccccc2)CCC1. The lowest BCUT2D eigenvalue weighted by molar-refractivity contribution is 0.175. The van der Waals surface area contributed by atoms with Crippen LogP contribution in [0.5, 0.6) is 0 Å². The number of hydrogen-bond donors (Lipinski definition) is 1. The van der Waals surface area contributed by atoms with Crippen molar-refractivity contribution in [1.29, 1.82) is 0 Å². The summed E-state index contributed by atoms with van der Waals surface area (Å²) in [6.45, 7) is 0. The van der Waals surface area contributed by atoms with Crippen molar-refractivity contribution in [2.75, 3.05) is 7.05 Å². The van der Waals surface area contributed by atoms with Crippen LogP contribution in [0.25, 0.3) is 0 Å². The summed E-state index contributed by atoms with van der Waals surface area (Å²) in [4.78, 5) is 0. The van der Waals surface area contributed by atoms with Crippen molar-refractivity contribution >= 4 is 0 Å². The summed E-state index contributed by atoms with van der Waals surface area (Å²) in [5.74, 6) is -1.58. The van der Waals surface area contributed by atoms with Crippen molar-refractivity contribution in [3.8, 4) is 0 Å². The number of benzene rings is 2. The Bertz CT molecular complexity index is 620. The fraction of sp³-hybridized carbons (Fsp3) is 0.333. The highest BCUT2D eigenvalue weighted by atomic mass is 19.2. The zero-order valence-corrected chi connectivity index (χ0v) is 12.1. The highest BCUT2D eigenvalue weighted by Crippen LogP contribution is 2.52. The van der Waals surface area contributed by atoms with Crippen molar-refractivity contribution in [1.82, 2.24) is 5.32 Å². The van der Waals surface area contributed by atoms with Gasteiger partial charge in [-0.15, -0.1) is 0 Å². The van der Waals surface area contributed by atoms with Crippen LogP contribution in [0.2, 0.25) is 0 Å². The van der Waals surface area contributed by atoms with Crippen LogP contribution in [0.4, 0.5) is 8.78 Å². The molecule has 0 bridgehead atoms. The highest BCUT2D eigenvalue weighted by molar-refractivity contribution is 5.36. The van der Waals surface area contributed by atoms with Crippen LogP contribution in [0.3, 0.4) is 0 Å². The summed E-state index contributed by atoms with van der Waals surface area (Å²) < 4.78 is 26.8. The zero-order chi connectivity index (χ0) is 14.9. The van der Waals surface area contributed by atoms with Gasteiger partial charge in [0.05, 0.1) is 0 Å². The van der Waals surface area contributed by atoms with Crippen molar-refractivity contribution in [2.24, 2.45) is 0 Å². The first-order valence-corrected chi connectivity index (χ1v) is 7.35. The maximum absolute atomic E-state index is 13.6. The van der Waals surface area contributed by atoms with Crippen LogP contribution in [0.15, 0.2) is 48.5 Å². The number of likely N-dealkylation sites (N-methyl/N-ethyl adjacent to an activating group) is 1. The molecule has 2 aromatic carbocycles. The molecule has 1 fully saturated rings. The van der Waals surface area contributed by atoms with Gasteiger partial charge in [0.15, 0.2) is 11.6 Å². The Morgan fingerprint density at radius 3 is 2.24 bits per heavy atom. The van der Waals surface area contributed by atoms with Gasteiger partial charge in [-0.1, -0.05) is 42.8 Å². The van der Waals surface area contributed by atoms with Crippen LogP contribution in [-0.4, -0.2) is 7.05 Å². The van der Waals surface area contributed by atoms with Crippen LogP contribution in [0, 0.1) is 11.6 Å². The van der Waals surface area contributed by atoms with Crippen LogP contribution in [-0.2, 0) is 5.41 Å². The lowest BCUT2D eigenvalue weighted by Gasteiger charge is -2.48. The normalized spacial score (nSPS) is 18.0. The predicted octanol–water partition coefficient (Wildman–Crippen LogP) is 4.35. The minimum Gasteiger partial charge on any atom is -0.312 e. The summed E-state index contributed by atoms with van der Waals surface area (Å²) in [6.07, 6.45) is 3.28. The predicted molar refractivity (Wildman–Crippen MR) is 80.1 cm³/mol. The topological polar surface area (TPSA) is 12.0 Å². The van der Waals surface area contributed by atoms with E-state index in [0.717, 1.165) is 24.8 Å². The van der Waals surface area contributed by atoms with E-state index in [9.17, 15) is 8.78 Å². The molecule has 3 heteroatoms. The number of hydrogen-bond acceptors (Lipinski definition) is 1. The molecule has 0 heterocycles. The number of halogens is 2. The van der Waals surface area contributed by atoms with E-state index in [1.165, 1.54) is 17.7 Å². The molecule has 3 rings (SSSR count). The third-order valence-corrected chi connectivity index (χ3v) is 4.71. The van der Waals surface area contributed by atoms with Crippen molar-refractivity contribution in [2.45, 2.75) is 30.7 Å². The van der Waals surface area contributed by atoms with Gasteiger partial charge in [0.25, 0.3) is 0 Å². The number of nitrogens with one attached hydrogen (secondary N) is 1. The van der Waals surface area contributed by atoms with E-state index in [-0.39, 0.29) is 11.5 Å². The third-order valence-electron chi connectivity index (χ3n) is 4.71. The molecule has 0 radical (unpaired) electrons.